The number of rotatable bonds is 8. The Balaban J connectivity index is 1.44. The lowest BCUT2D eigenvalue weighted by Crippen LogP contribution is -2.48. The third kappa shape index (κ3) is 4.93. The molecule has 0 saturated carbocycles. The molecule has 2 aliphatic heterocycles. The Labute approximate surface area is 171 Å². The molecule has 7 nitrogen and oxygen atoms in total. The first kappa shape index (κ1) is 20.2. The van der Waals surface area contributed by atoms with Gasteiger partial charge in [-0.05, 0) is 54.0 Å². The molecule has 2 saturated heterocycles. The van der Waals surface area contributed by atoms with Gasteiger partial charge in [0.1, 0.15) is 5.82 Å². The zero-order chi connectivity index (χ0) is 20.1. The fourth-order valence-electron chi connectivity index (χ4n) is 4.38. The maximum absolute atomic E-state index is 13.2. The number of hydrogen-bond acceptors (Lipinski definition) is 6. The maximum Gasteiger partial charge on any atom is 0.168 e. The van der Waals surface area contributed by atoms with E-state index in [1.807, 2.05) is 16.8 Å². The van der Waals surface area contributed by atoms with E-state index in [-0.39, 0.29) is 18.0 Å². The molecule has 158 valence electrons. The number of nitrogens with zero attached hydrogens (tertiary/aromatic N) is 6. The third-order valence-corrected chi connectivity index (χ3v) is 6.04. The largest absolute Gasteiger partial charge is 0.376 e. The van der Waals surface area contributed by atoms with Crippen LogP contribution in [0.1, 0.15) is 50.9 Å². The summed E-state index contributed by atoms with van der Waals surface area (Å²) >= 11 is 0. The van der Waals surface area contributed by atoms with Crippen LogP contribution in [0.4, 0.5) is 10.1 Å². The average Bonchev–Trinajstić information content (AvgIpc) is 3.42. The number of piperazine rings is 1. The number of hydrogen-bond donors (Lipinski definition) is 0. The van der Waals surface area contributed by atoms with Gasteiger partial charge >= 0.3 is 0 Å². The van der Waals surface area contributed by atoms with Crippen molar-refractivity contribution in [3.05, 3.63) is 35.9 Å². The molecular weight excluding hydrogens is 371 g/mol. The molecule has 0 unspecified atom stereocenters. The summed E-state index contributed by atoms with van der Waals surface area (Å²) in [5.74, 6) is 0.772. The average molecular weight is 403 g/mol. The lowest BCUT2D eigenvalue weighted by Gasteiger charge is -2.39. The fourth-order valence-corrected chi connectivity index (χ4v) is 4.38. The molecule has 1 aromatic carbocycles. The first-order valence-corrected chi connectivity index (χ1v) is 10.9. The van der Waals surface area contributed by atoms with Gasteiger partial charge in [0.25, 0.3) is 0 Å². The maximum atomic E-state index is 13.2. The summed E-state index contributed by atoms with van der Waals surface area (Å²) in [6.07, 6.45) is 5.77. The zero-order valence-corrected chi connectivity index (χ0v) is 17.2. The highest BCUT2D eigenvalue weighted by Crippen LogP contribution is 2.28. The summed E-state index contributed by atoms with van der Waals surface area (Å²) in [5, 5.41) is 12.7. The molecule has 0 spiro atoms. The van der Waals surface area contributed by atoms with Gasteiger partial charge in [-0.3, -0.25) is 4.90 Å². The van der Waals surface area contributed by atoms with Gasteiger partial charge in [-0.2, -0.15) is 0 Å². The predicted octanol–water partition coefficient (Wildman–Crippen LogP) is 3.04. The highest BCUT2D eigenvalue weighted by molar-refractivity contribution is 5.46. The van der Waals surface area contributed by atoms with E-state index in [1.54, 1.807) is 0 Å². The van der Waals surface area contributed by atoms with Crippen LogP contribution >= 0.6 is 0 Å². The van der Waals surface area contributed by atoms with Crippen molar-refractivity contribution in [1.29, 1.82) is 0 Å². The monoisotopic (exact) mass is 402 g/mol. The molecule has 2 fully saturated rings. The van der Waals surface area contributed by atoms with Gasteiger partial charge in [-0.1, -0.05) is 19.8 Å². The van der Waals surface area contributed by atoms with E-state index in [4.69, 9.17) is 4.74 Å². The van der Waals surface area contributed by atoms with Crippen molar-refractivity contribution >= 4 is 5.69 Å². The van der Waals surface area contributed by atoms with E-state index in [9.17, 15) is 4.39 Å². The molecule has 0 N–H and O–H groups in total. The van der Waals surface area contributed by atoms with E-state index in [2.05, 4.69) is 32.2 Å². The van der Waals surface area contributed by atoms with Crippen LogP contribution in [0, 0.1) is 5.82 Å². The van der Waals surface area contributed by atoms with Crippen LogP contribution in [0.25, 0.3) is 0 Å². The molecule has 4 rings (SSSR count). The van der Waals surface area contributed by atoms with E-state index < -0.39 is 0 Å². The summed E-state index contributed by atoms with van der Waals surface area (Å²) in [6.45, 7) is 7.52. The number of benzene rings is 1. The second-order valence-electron chi connectivity index (χ2n) is 8.01. The van der Waals surface area contributed by atoms with Gasteiger partial charge in [0.2, 0.25) is 0 Å². The summed E-state index contributed by atoms with van der Waals surface area (Å²) in [7, 11) is 0. The van der Waals surface area contributed by atoms with Crippen molar-refractivity contribution in [2.45, 2.75) is 57.7 Å². The minimum atomic E-state index is -0.190. The van der Waals surface area contributed by atoms with Crippen LogP contribution in [-0.4, -0.2) is 64.0 Å². The Hall–Kier alpha value is -2.06. The number of ether oxygens (including phenoxy) is 1. The summed E-state index contributed by atoms with van der Waals surface area (Å²) < 4.78 is 21.0. The van der Waals surface area contributed by atoms with Crippen LogP contribution in [0.3, 0.4) is 0 Å². The number of aromatic nitrogens is 4. The Bertz CT molecular complexity index is 753. The Morgan fingerprint density at radius 2 is 1.97 bits per heavy atom. The van der Waals surface area contributed by atoms with Crippen LogP contribution in [0.5, 0.6) is 0 Å². The number of halogens is 1. The second kappa shape index (κ2) is 9.63. The van der Waals surface area contributed by atoms with Crippen molar-refractivity contribution in [2.75, 3.05) is 37.7 Å². The summed E-state index contributed by atoms with van der Waals surface area (Å²) in [5.41, 5.74) is 1.08. The minimum Gasteiger partial charge on any atom is -0.376 e. The Morgan fingerprint density at radius 3 is 2.66 bits per heavy atom. The lowest BCUT2D eigenvalue weighted by atomic mass is 10.1. The molecule has 2 aromatic rings. The molecular formula is C21H31FN6O. The number of anilines is 1. The zero-order valence-electron chi connectivity index (χ0n) is 17.2. The van der Waals surface area contributed by atoms with Crippen molar-refractivity contribution in [3.63, 3.8) is 0 Å². The molecule has 0 bridgehead atoms. The Kier molecular flexibility index (Phi) is 6.71. The molecule has 0 amide bonds. The lowest BCUT2D eigenvalue weighted by molar-refractivity contribution is 0.0890. The van der Waals surface area contributed by atoms with E-state index in [1.165, 1.54) is 12.1 Å². The molecule has 29 heavy (non-hydrogen) atoms. The second-order valence-corrected chi connectivity index (χ2v) is 8.01. The minimum absolute atomic E-state index is 0.190. The van der Waals surface area contributed by atoms with Gasteiger partial charge < -0.3 is 9.64 Å². The molecule has 2 atom stereocenters. The highest BCUT2D eigenvalue weighted by Gasteiger charge is 2.30. The molecule has 0 aliphatic carbocycles. The van der Waals surface area contributed by atoms with E-state index in [0.717, 1.165) is 82.9 Å². The summed E-state index contributed by atoms with van der Waals surface area (Å²) in [4.78, 5) is 4.83. The SMILES string of the molecule is CCCC[C@@H](c1nnnn1C[C@@H]1CCCO1)N1CCN(c2ccc(F)cc2)CC1. The topological polar surface area (TPSA) is 59.3 Å². The quantitative estimate of drug-likeness (QED) is 0.676. The van der Waals surface area contributed by atoms with Crippen molar-refractivity contribution in [1.82, 2.24) is 25.1 Å². The normalized spacial score (nSPS) is 21.6. The van der Waals surface area contributed by atoms with Crippen LogP contribution in [0.2, 0.25) is 0 Å². The number of tetrazole rings is 1. The van der Waals surface area contributed by atoms with Gasteiger partial charge in [-0.25, -0.2) is 9.07 Å². The van der Waals surface area contributed by atoms with Crippen LogP contribution in [0.15, 0.2) is 24.3 Å². The first-order chi connectivity index (χ1) is 14.2. The smallest absolute Gasteiger partial charge is 0.168 e. The molecule has 8 heteroatoms. The highest BCUT2D eigenvalue weighted by atomic mass is 19.1. The van der Waals surface area contributed by atoms with E-state index in [0.29, 0.717) is 0 Å². The van der Waals surface area contributed by atoms with Gasteiger partial charge in [-0.15, -0.1) is 5.10 Å². The number of unbranched alkanes of at least 4 members (excludes halogenated alkanes) is 1. The van der Waals surface area contributed by atoms with Crippen LogP contribution in [-0.2, 0) is 11.3 Å². The van der Waals surface area contributed by atoms with Gasteiger partial charge in [0.05, 0.1) is 18.7 Å². The van der Waals surface area contributed by atoms with Gasteiger partial charge in [0.15, 0.2) is 5.82 Å². The predicted molar refractivity (Wildman–Crippen MR) is 109 cm³/mol. The standard InChI is InChI=1S/C21H31FN6O/c1-2-3-6-20(21-23-24-25-28(21)16-19-5-4-15-29-19)27-13-11-26(12-14-27)18-9-7-17(22)8-10-18/h7-10,19-20H,2-6,11-16H2,1H3/t19-,20-/m0/s1. The van der Waals surface area contributed by atoms with Crippen molar-refractivity contribution in [3.8, 4) is 0 Å². The van der Waals surface area contributed by atoms with Crippen molar-refractivity contribution < 1.29 is 9.13 Å². The van der Waals surface area contributed by atoms with E-state index >= 15 is 0 Å². The molecule has 0 radical (unpaired) electrons. The van der Waals surface area contributed by atoms with Gasteiger partial charge in [0, 0.05) is 38.5 Å². The Morgan fingerprint density at radius 1 is 1.17 bits per heavy atom. The van der Waals surface area contributed by atoms with Crippen molar-refractivity contribution in [2.24, 2.45) is 0 Å². The molecule has 2 aliphatic rings. The van der Waals surface area contributed by atoms with Crippen LogP contribution < -0.4 is 4.90 Å². The molecule has 3 heterocycles. The first-order valence-electron chi connectivity index (χ1n) is 10.9. The summed E-state index contributed by atoms with van der Waals surface area (Å²) in [6, 6.07) is 7.01. The third-order valence-electron chi connectivity index (χ3n) is 6.04. The fraction of sp³-hybridized carbons (Fsp3) is 0.667. The molecule has 1 aromatic heterocycles.